The Bertz CT molecular complexity index is 324. The smallest absolute Gasteiger partial charge is 0.121 e. The number of nitriles is 1. The fraction of sp³-hybridized carbons (Fsp3) is 0.364. The minimum absolute atomic E-state index is 0.218. The van der Waals surface area contributed by atoms with E-state index < -0.39 is 0 Å². The van der Waals surface area contributed by atoms with E-state index in [1.807, 2.05) is 13.8 Å². The van der Waals surface area contributed by atoms with Crippen LogP contribution in [0.15, 0.2) is 24.3 Å². The molecular formula is C11H14N2O. The van der Waals surface area contributed by atoms with Crippen molar-refractivity contribution in [3.05, 3.63) is 29.8 Å². The Morgan fingerprint density at radius 1 is 1.29 bits per heavy atom. The minimum atomic E-state index is -0.310. The molecule has 0 amide bonds. The van der Waals surface area contributed by atoms with E-state index in [9.17, 15) is 0 Å². The van der Waals surface area contributed by atoms with Gasteiger partial charge in [-0.1, -0.05) is 12.1 Å². The van der Waals surface area contributed by atoms with Gasteiger partial charge in [0.1, 0.15) is 11.8 Å². The Labute approximate surface area is 84.0 Å². The Morgan fingerprint density at radius 3 is 2.29 bits per heavy atom. The van der Waals surface area contributed by atoms with Gasteiger partial charge in [0.25, 0.3) is 0 Å². The molecule has 1 atom stereocenters. The van der Waals surface area contributed by atoms with Crippen molar-refractivity contribution < 1.29 is 5.11 Å². The molecule has 14 heavy (non-hydrogen) atoms. The van der Waals surface area contributed by atoms with Crippen LogP contribution in [0.25, 0.3) is 0 Å². The van der Waals surface area contributed by atoms with Crippen molar-refractivity contribution in [2.75, 3.05) is 0 Å². The van der Waals surface area contributed by atoms with Gasteiger partial charge < -0.3 is 5.11 Å². The molecule has 0 radical (unpaired) electrons. The number of aromatic hydroxyl groups is 1. The van der Waals surface area contributed by atoms with Crippen LogP contribution < -0.4 is 5.32 Å². The molecule has 0 saturated carbocycles. The zero-order chi connectivity index (χ0) is 10.6. The van der Waals surface area contributed by atoms with Crippen molar-refractivity contribution in [2.24, 2.45) is 0 Å². The quantitative estimate of drug-likeness (QED) is 0.766. The summed E-state index contributed by atoms with van der Waals surface area (Å²) in [6.45, 7) is 3.98. The van der Waals surface area contributed by atoms with Gasteiger partial charge in [-0.05, 0) is 31.5 Å². The van der Waals surface area contributed by atoms with Crippen molar-refractivity contribution in [3.8, 4) is 11.8 Å². The highest BCUT2D eigenvalue weighted by Crippen LogP contribution is 2.16. The molecule has 0 aliphatic heterocycles. The lowest BCUT2D eigenvalue weighted by molar-refractivity contribution is 0.474. The van der Waals surface area contributed by atoms with E-state index >= 15 is 0 Å². The van der Waals surface area contributed by atoms with Crippen molar-refractivity contribution in [3.63, 3.8) is 0 Å². The van der Waals surface area contributed by atoms with E-state index in [0.29, 0.717) is 0 Å². The maximum absolute atomic E-state index is 9.09. The number of phenolic OH excluding ortho intramolecular Hbond substituents is 1. The van der Waals surface area contributed by atoms with E-state index in [1.165, 1.54) is 0 Å². The van der Waals surface area contributed by atoms with Crippen LogP contribution in [0.2, 0.25) is 0 Å². The highest BCUT2D eigenvalue weighted by atomic mass is 16.3. The van der Waals surface area contributed by atoms with Crippen LogP contribution in [0.1, 0.15) is 25.5 Å². The van der Waals surface area contributed by atoms with Gasteiger partial charge in [-0.3, -0.25) is 5.32 Å². The van der Waals surface area contributed by atoms with Gasteiger partial charge in [0.2, 0.25) is 0 Å². The summed E-state index contributed by atoms with van der Waals surface area (Å²) in [6.07, 6.45) is 0. The van der Waals surface area contributed by atoms with Gasteiger partial charge in [-0.25, -0.2) is 0 Å². The van der Waals surface area contributed by atoms with Crippen LogP contribution in [0.4, 0.5) is 0 Å². The fourth-order valence-electron chi connectivity index (χ4n) is 1.21. The van der Waals surface area contributed by atoms with Crippen molar-refractivity contribution >= 4 is 0 Å². The fourth-order valence-corrected chi connectivity index (χ4v) is 1.21. The molecule has 0 spiro atoms. The van der Waals surface area contributed by atoms with E-state index in [4.69, 9.17) is 10.4 Å². The molecule has 0 aromatic heterocycles. The van der Waals surface area contributed by atoms with Gasteiger partial charge in [0.05, 0.1) is 6.07 Å². The number of hydrogen-bond acceptors (Lipinski definition) is 3. The molecule has 74 valence electrons. The van der Waals surface area contributed by atoms with Gasteiger partial charge >= 0.3 is 0 Å². The molecule has 0 aliphatic rings. The summed E-state index contributed by atoms with van der Waals surface area (Å²) in [6, 6.07) is 8.79. The maximum atomic E-state index is 9.09. The summed E-state index contributed by atoms with van der Waals surface area (Å²) < 4.78 is 0. The molecule has 3 nitrogen and oxygen atoms in total. The van der Waals surface area contributed by atoms with Gasteiger partial charge in [0, 0.05) is 6.04 Å². The predicted octanol–water partition coefficient (Wildman–Crippen LogP) is 1.95. The SMILES string of the molecule is CC(C)NC(C#N)c1ccc(O)cc1. The van der Waals surface area contributed by atoms with Gasteiger partial charge in [0.15, 0.2) is 0 Å². The number of benzene rings is 1. The Morgan fingerprint density at radius 2 is 1.86 bits per heavy atom. The third-order valence-electron chi connectivity index (χ3n) is 1.86. The molecule has 0 heterocycles. The number of rotatable bonds is 3. The second kappa shape index (κ2) is 4.64. The summed E-state index contributed by atoms with van der Waals surface area (Å²) in [5.74, 6) is 0.218. The highest BCUT2D eigenvalue weighted by molar-refractivity contribution is 5.30. The molecule has 1 aromatic rings. The molecule has 3 heteroatoms. The largest absolute Gasteiger partial charge is 0.508 e. The lowest BCUT2D eigenvalue weighted by atomic mass is 10.1. The molecule has 1 aromatic carbocycles. The van der Waals surface area contributed by atoms with Crippen LogP contribution in [-0.2, 0) is 0 Å². The summed E-state index contributed by atoms with van der Waals surface area (Å²) in [7, 11) is 0. The second-order valence-electron chi connectivity index (χ2n) is 3.48. The Balaban J connectivity index is 2.80. The maximum Gasteiger partial charge on any atom is 0.121 e. The molecular weight excluding hydrogens is 176 g/mol. The van der Waals surface area contributed by atoms with Crippen LogP contribution in [-0.4, -0.2) is 11.1 Å². The topological polar surface area (TPSA) is 56.0 Å². The first-order valence-corrected chi connectivity index (χ1v) is 4.58. The third-order valence-corrected chi connectivity index (χ3v) is 1.86. The summed E-state index contributed by atoms with van der Waals surface area (Å²) in [4.78, 5) is 0. The molecule has 2 N–H and O–H groups in total. The van der Waals surface area contributed by atoms with Crippen LogP contribution >= 0.6 is 0 Å². The van der Waals surface area contributed by atoms with Crippen molar-refractivity contribution in [1.29, 1.82) is 5.26 Å². The summed E-state index contributed by atoms with van der Waals surface area (Å²) >= 11 is 0. The van der Waals surface area contributed by atoms with Crippen molar-refractivity contribution in [1.82, 2.24) is 5.32 Å². The predicted molar refractivity (Wildman–Crippen MR) is 54.7 cm³/mol. The number of phenols is 1. The normalized spacial score (nSPS) is 12.4. The molecule has 1 unspecified atom stereocenters. The van der Waals surface area contributed by atoms with E-state index in [2.05, 4.69) is 11.4 Å². The first-order valence-electron chi connectivity index (χ1n) is 4.58. The van der Waals surface area contributed by atoms with E-state index in [1.54, 1.807) is 24.3 Å². The zero-order valence-corrected chi connectivity index (χ0v) is 8.36. The first-order chi connectivity index (χ1) is 6.63. The minimum Gasteiger partial charge on any atom is -0.508 e. The molecule has 0 saturated heterocycles. The van der Waals surface area contributed by atoms with E-state index in [-0.39, 0.29) is 17.8 Å². The van der Waals surface area contributed by atoms with E-state index in [0.717, 1.165) is 5.56 Å². The number of nitrogens with zero attached hydrogens (tertiary/aromatic N) is 1. The first kappa shape index (κ1) is 10.6. The lowest BCUT2D eigenvalue weighted by Gasteiger charge is -2.14. The summed E-state index contributed by atoms with van der Waals surface area (Å²) in [5, 5.41) is 21.1. The molecule has 0 aliphatic carbocycles. The average Bonchev–Trinajstić information content (AvgIpc) is 2.15. The van der Waals surface area contributed by atoms with Crippen LogP contribution in [0.5, 0.6) is 5.75 Å². The lowest BCUT2D eigenvalue weighted by Crippen LogP contribution is -2.26. The van der Waals surface area contributed by atoms with Crippen LogP contribution in [0.3, 0.4) is 0 Å². The summed E-state index contributed by atoms with van der Waals surface area (Å²) in [5.41, 5.74) is 0.874. The standard InChI is InChI=1S/C11H14N2O/c1-8(2)13-11(7-12)9-3-5-10(14)6-4-9/h3-6,8,11,13-14H,1-2H3. The molecule has 0 fully saturated rings. The van der Waals surface area contributed by atoms with Crippen LogP contribution in [0, 0.1) is 11.3 Å². The average molecular weight is 190 g/mol. The number of nitrogens with one attached hydrogen (secondary N) is 1. The Hall–Kier alpha value is -1.53. The monoisotopic (exact) mass is 190 g/mol. The zero-order valence-electron chi connectivity index (χ0n) is 8.36. The molecule has 1 rings (SSSR count). The third kappa shape index (κ3) is 2.75. The van der Waals surface area contributed by atoms with Crippen molar-refractivity contribution in [2.45, 2.75) is 25.9 Å². The van der Waals surface area contributed by atoms with Gasteiger partial charge in [-0.2, -0.15) is 5.26 Å². The Kier molecular flexibility index (Phi) is 3.49. The number of hydrogen-bond donors (Lipinski definition) is 2. The van der Waals surface area contributed by atoms with Gasteiger partial charge in [-0.15, -0.1) is 0 Å². The molecule has 0 bridgehead atoms. The highest BCUT2D eigenvalue weighted by Gasteiger charge is 2.10. The second-order valence-corrected chi connectivity index (χ2v) is 3.48.